The summed E-state index contributed by atoms with van der Waals surface area (Å²) in [5.41, 5.74) is 2.69. The molecule has 3 saturated carbocycles. The van der Waals surface area contributed by atoms with E-state index in [4.69, 9.17) is 0 Å². The Labute approximate surface area is 49.9 Å². The lowest BCUT2D eigenvalue weighted by atomic mass is 9.84. The van der Waals surface area contributed by atoms with Crippen LogP contribution in [0, 0.1) is 11.8 Å². The molecule has 2 bridgehead atoms. The second-order valence-corrected chi connectivity index (χ2v) is 2.92. The van der Waals surface area contributed by atoms with Crippen LogP contribution in [0.25, 0.3) is 0 Å². The van der Waals surface area contributed by atoms with Gasteiger partial charge in [-0.1, -0.05) is 13.2 Å². The Balaban J connectivity index is 2.40. The molecule has 0 nitrogen and oxygen atoms in total. The number of fused-ring (bicyclic) bond motifs is 1. The molecule has 42 valence electrons. The van der Waals surface area contributed by atoms with E-state index in [0.29, 0.717) is 0 Å². The number of hydrogen-bond donors (Lipinski definition) is 0. The van der Waals surface area contributed by atoms with E-state index < -0.39 is 0 Å². The molecule has 3 aliphatic carbocycles. The highest BCUT2D eigenvalue weighted by Gasteiger charge is 2.41. The summed E-state index contributed by atoms with van der Waals surface area (Å²) < 4.78 is 0. The SMILES string of the molecule is C=C1C(=C)C2CC1C2. The summed E-state index contributed by atoms with van der Waals surface area (Å²) in [6.45, 7) is 7.92. The molecule has 8 heavy (non-hydrogen) atoms. The summed E-state index contributed by atoms with van der Waals surface area (Å²) in [7, 11) is 0. The van der Waals surface area contributed by atoms with E-state index >= 15 is 0 Å². The monoisotopic (exact) mass is 106 g/mol. The molecular weight excluding hydrogens is 96.1 g/mol. The van der Waals surface area contributed by atoms with Crippen LogP contribution in [0.3, 0.4) is 0 Å². The van der Waals surface area contributed by atoms with Gasteiger partial charge in [-0.15, -0.1) is 0 Å². The lowest BCUT2D eigenvalue weighted by Gasteiger charge is -2.20. The minimum atomic E-state index is 0.840. The van der Waals surface area contributed by atoms with Crippen LogP contribution >= 0.6 is 0 Å². The maximum atomic E-state index is 3.96. The lowest BCUT2D eigenvalue weighted by Crippen LogP contribution is -2.11. The van der Waals surface area contributed by atoms with Crippen LogP contribution in [-0.4, -0.2) is 0 Å². The van der Waals surface area contributed by atoms with E-state index in [2.05, 4.69) is 13.2 Å². The zero-order valence-electron chi connectivity index (χ0n) is 4.98. The highest BCUT2D eigenvalue weighted by Crippen LogP contribution is 2.54. The molecule has 0 heterocycles. The smallest absolute Gasteiger partial charge is 0.0154 e. The minimum absolute atomic E-state index is 0.840. The van der Waals surface area contributed by atoms with Gasteiger partial charge < -0.3 is 0 Å². The normalized spacial score (nSPS) is 42.5. The molecule has 0 aliphatic heterocycles. The van der Waals surface area contributed by atoms with Crippen LogP contribution in [0.1, 0.15) is 12.8 Å². The molecule has 3 fully saturated rings. The Morgan fingerprint density at radius 1 is 1.00 bits per heavy atom. The quantitative estimate of drug-likeness (QED) is 0.444. The van der Waals surface area contributed by atoms with Crippen LogP contribution in [0.2, 0.25) is 0 Å². The van der Waals surface area contributed by atoms with Crippen molar-refractivity contribution in [3.63, 3.8) is 0 Å². The van der Waals surface area contributed by atoms with Crippen molar-refractivity contribution in [3.8, 4) is 0 Å². The fourth-order valence-electron chi connectivity index (χ4n) is 1.71. The standard InChI is InChI=1S/C8H10/c1-5-6(2)8-3-7(5)4-8/h7-8H,1-4H2. The molecular formula is C8H10. The van der Waals surface area contributed by atoms with Crippen molar-refractivity contribution in [2.75, 3.05) is 0 Å². The Bertz CT molecular complexity index is 141. The van der Waals surface area contributed by atoms with Crippen molar-refractivity contribution < 1.29 is 0 Å². The van der Waals surface area contributed by atoms with Gasteiger partial charge >= 0.3 is 0 Å². The third-order valence-corrected chi connectivity index (χ3v) is 2.54. The van der Waals surface area contributed by atoms with E-state index in [-0.39, 0.29) is 0 Å². The van der Waals surface area contributed by atoms with E-state index in [1.807, 2.05) is 0 Å². The molecule has 0 aromatic carbocycles. The van der Waals surface area contributed by atoms with Gasteiger partial charge in [-0.05, 0) is 35.8 Å². The molecule has 0 aromatic heterocycles. The van der Waals surface area contributed by atoms with Gasteiger partial charge in [0.15, 0.2) is 0 Å². The average molecular weight is 106 g/mol. The summed E-state index contributed by atoms with van der Waals surface area (Å²) in [6.07, 6.45) is 2.72. The summed E-state index contributed by atoms with van der Waals surface area (Å²) in [5.74, 6) is 1.68. The van der Waals surface area contributed by atoms with Crippen LogP contribution in [0.4, 0.5) is 0 Å². The summed E-state index contributed by atoms with van der Waals surface area (Å²) in [4.78, 5) is 0. The fraction of sp³-hybridized carbons (Fsp3) is 0.500. The van der Waals surface area contributed by atoms with E-state index in [1.165, 1.54) is 24.0 Å². The molecule has 0 unspecified atom stereocenters. The predicted octanol–water partition coefficient (Wildman–Crippen LogP) is 2.14. The highest BCUT2D eigenvalue weighted by atomic mass is 14.5. The Morgan fingerprint density at radius 3 is 1.50 bits per heavy atom. The van der Waals surface area contributed by atoms with Gasteiger partial charge in [-0.2, -0.15) is 0 Å². The Hall–Kier alpha value is -0.520. The molecule has 0 amide bonds. The largest absolute Gasteiger partial charge is 0.0953 e. The first-order chi connectivity index (χ1) is 3.79. The molecule has 0 spiro atoms. The second-order valence-electron chi connectivity index (χ2n) is 2.92. The molecule has 0 N–H and O–H groups in total. The van der Waals surface area contributed by atoms with Crippen LogP contribution in [0.5, 0.6) is 0 Å². The molecule has 3 rings (SSSR count). The summed E-state index contributed by atoms with van der Waals surface area (Å²) in [5, 5.41) is 0. The van der Waals surface area contributed by atoms with Gasteiger partial charge in [0, 0.05) is 0 Å². The van der Waals surface area contributed by atoms with Crippen molar-refractivity contribution in [2.45, 2.75) is 12.8 Å². The molecule has 0 aromatic rings. The zero-order chi connectivity index (χ0) is 5.72. The van der Waals surface area contributed by atoms with Crippen LogP contribution < -0.4 is 0 Å². The lowest BCUT2D eigenvalue weighted by molar-refractivity contribution is 0.338. The topological polar surface area (TPSA) is 0 Å². The van der Waals surface area contributed by atoms with Crippen molar-refractivity contribution in [3.05, 3.63) is 24.3 Å². The Kier molecular flexibility index (Phi) is 0.585. The van der Waals surface area contributed by atoms with E-state index in [1.54, 1.807) is 0 Å². The fourth-order valence-corrected chi connectivity index (χ4v) is 1.71. The maximum absolute atomic E-state index is 3.96. The first kappa shape index (κ1) is 4.37. The number of hydrogen-bond acceptors (Lipinski definition) is 0. The van der Waals surface area contributed by atoms with E-state index in [9.17, 15) is 0 Å². The van der Waals surface area contributed by atoms with Crippen molar-refractivity contribution in [1.82, 2.24) is 0 Å². The first-order valence-electron chi connectivity index (χ1n) is 3.17. The maximum Gasteiger partial charge on any atom is -0.0154 e. The van der Waals surface area contributed by atoms with E-state index in [0.717, 1.165) is 11.8 Å². The predicted molar refractivity (Wildman–Crippen MR) is 34.5 cm³/mol. The van der Waals surface area contributed by atoms with Crippen molar-refractivity contribution in [1.29, 1.82) is 0 Å². The Morgan fingerprint density at radius 2 is 1.38 bits per heavy atom. The van der Waals surface area contributed by atoms with Crippen LogP contribution in [0.15, 0.2) is 24.3 Å². The zero-order valence-corrected chi connectivity index (χ0v) is 4.98. The first-order valence-corrected chi connectivity index (χ1v) is 3.17. The van der Waals surface area contributed by atoms with Gasteiger partial charge in [0.1, 0.15) is 0 Å². The van der Waals surface area contributed by atoms with Crippen molar-refractivity contribution in [2.24, 2.45) is 11.8 Å². The molecule has 3 aliphatic rings. The van der Waals surface area contributed by atoms with Gasteiger partial charge in [0.2, 0.25) is 0 Å². The number of rotatable bonds is 0. The average Bonchev–Trinajstić information content (AvgIpc) is 1.89. The van der Waals surface area contributed by atoms with Gasteiger partial charge in [0.05, 0.1) is 0 Å². The van der Waals surface area contributed by atoms with Gasteiger partial charge in [-0.3, -0.25) is 0 Å². The molecule has 0 heteroatoms. The molecule has 0 saturated heterocycles. The second kappa shape index (κ2) is 1.07. The van der Waals surface area contributed by atoms with Gasteiger partial charge in [0.25, 0.3) is 0 Å². The highest BCUT2D eigenvalue weighted by molar-refractivity contribution is 5.41. The molecule has 0 atom stereocenters. The number of allylic oxidation sites excluding steroid dienone is 2. The third-order valence-electron chi connectivity index (χ3n) is 2.54. The third kappa shape index (κ3) is 0.290. The molecule has 0 radical (unpaired) electrons. The minimum Gasteiger partial charge on any atom is -0.0953 e. The van der Waals surface area contributed by atoms with Crippen molar-refractivity contribution >= 4 is 0 Å². The summed E-state index contributed by atoms with van der Waals surface area (Å²) >= 11 is 0. The van der Waals surface area contributed by atoms with Crippen LogP contribution in [-0.2, 0) is 0 Å². The van der Waals surface area contributed by atoms with Gasteiger partial charge in [-0.25, -0.2) is 0 Å². The summed E-state index contributed by atoms with van der Waals surface area (Å²) in [6, 6.07) is 0.